The van der Waals surface area contributed by atoms with Crippen molar-refractivity contribution in [2.75, 3.05) is 13.1 Å². The number of rotatable bonds is 7. The Hall–Kier alpha value is -2.70. The standard InChI is InChI=1S/C17H21N3O4/c1-3-19-15(22)16(23)20(17(19)24)11-14(21)18-12(2)9-10-13-7-5-4-6-8-13/h4-8,12H,3,9-11H2,1-2H3,(H,18,21)/t12-/m0/s1. The van der Waals surface area contributed by atoms with Gasteiger partial charge in [0.15, 0.2) is 0 Å². The molecule has 1 aliphatic rings. The second kappa shape index (κ2) is 7.72. The van der Waals surface area contributed by atoms with E-state index >= 15 is 0 Å². The lowest BCUT2D eigenvalue weighted by Crippen LogP contribution is -2.44. The van der Waals surface area contributed by atoms with E-state index in [0.29, 0.717) is 4.90 Å². The zero-order chi connectivity index (χ0) is 17.7. The maximum absolute atomic E-state index is 12.0. The van der Waals surface area contributed by atoms with Gasteiger partial charge in [-0.15, -0.1) is 0 Å². The molecule has 0 aromatic heterocycles. The van der Waals surface area contributed by atoms with Crippen LogP contribution in [0.3, 0.4) is 0 Å². The quantitative estimate of drug-likeness (QED) is 0.595. The predicted octanol–water partition coefficient (Wildman–Crippen LogP) is 0.935. The Morgan fingerprint density at radius 2 is 1.71 bits per heavy atom. The minimum atomic E-state index is -0.950. The summed E-state index contributed by atoms with van der Waals surface area (Å²) in [6.07, 6.45) is 1.55. The van der Waals surface area contributed by atoms with Gasteiger partial charge in [-0.2, -0.15) is 0 Å². The van der Waals surface area contributed by atoms with Gasteiger partial charge >= 0.3 is 17.8 Å². The van der Waals surface area contributed by atoms with Crippen LogP contribution in [0, 0.1) is 0 Å². The van der Waals surface area contributed by atoms with E-state index in [4.69, 9.17) is 0 Å². The number of hydrogen-bond donors (Lipinski definition) is 1. The first-order valence-electron chi connectivity index (χ1n) is 7.94. The average molecular weight is 331 g/mol. The number of urea groups is 1. The van der Waals surface area contributed by atoms with Gasteiger partial charge in [-0.1, -0.05) is 30.3 Å². The number of hydrogen-bond acceptors (Lipinski definition) is 4. The lowest BCUT2D eigenvalue weighted by atomic mass is 10.1. The maximum Gasteiger partial charge on any atom is 0.334 e. The molecule has 24 heavy (non-hydrogen) atoms. The summed E-state index contributed by atoms with van der Waals surface area (Å²) < 4.78 is 0. The Balaban J connectivity index is 1.83. The lowest BCUT2D eigenvalue weighted by Gasteiger charge is -2.17. The normalized spacial score (nSPS) is 15.8. The van der Waals surface area contributed by atoms with Gasteiger partial charge in [0.25, 0.3) is 0 Å². The van der Waals surface area contributed by atoms with E-state index in [0.717, 1.165) is 17.7 Å². The monoisotopic (exact) mass is 331 g/mol. The van der Waals surface area contributed by atoms with Gasteiger partial charge in [-0.05, 0) is 32.3 Å². The van der Waals surface area contributed by atoms with E-state index in [1.165, 1.54) is 5.56 Å². The Labute approximate surface area is 140 Å². The molecule has 0 radical (unpaired) electrons. The van der Waals surface area contributed by atoms with Crippen molar-refractivity contribution in [3.8, 4) is 0 Å². The fourth-order valence-electron chi connectivity index (χ4n) is 2.53. The first-order chi connectivity index (χ1) is 11.4. The predicted molar refractivity (Wildman–Crippen MR) is 86.9 cm³/mol. The number of carbonyl (C=O) groups is 4. The molecule has 0 aliphatic carbocycles. The van der Waals surface area contributed by atoms with Crippen molar-refractivity contribution in [3.63, 3.8) is 0 Å². The van der Waals surface area contributed by atoms with E-state index in [9.17, 15) is 19.2 Å². The molecule has 1 N–H and O–H groups in total. The molecule has 1 atom stereocenters. The molecule has 1 aromatic rings. The summed E-state index contributed by atoms with van der Waals surface area (Å²) in [5.41, 5.74) is 1.17. The number of carbonyl (C=O) groups excluding carboxylic acids is 4. The van der Waals surface area contributed by atoms with Crippen LogP contribution in [0.15, 0.2) is 30.3 Å². The number of amides is 5. The lowest BCUT2D eigenvalue weighted by molar-refractivity contribution is -0.144. The third-order valence-corrected chi connectivity index (χ3v) is 3.87. The highest BCUT2D eigenvalue weighted by molar-refractivity contribution is 6.45. The van der Waals surface area contributed by atoms with Gasteiger partial charge in [-0.25, -0.2) is 9.69 Å². The highest BCUT2D eigenvalue weighted by Crippen LogP contribution is 2.11. The molecule has 1 saturated heterocycles. The zero-order valence-corrected chi connectivity index (χ0v) is 13.8. The number of imide groups is 2. The number of benzene rings is 1. The van der Waals surface area contributed by atoms with Crippen LogP contribution in [0.25, 0.3) is 0 Å². The number of aryl methyl sites for hydroxylation is 1. The van der Waals surface area contributed by atoms with E-state index in [1.807, 2.05) is 37.3 Å². The van der Waals surface area contributed by atoms with Crippen molar-refractivity contribution in [3.05, 3.63) is 35.9 Å². The first-order valence-corrected chi connectivity index (χ1v) is 7.94. The van der Waals surface area contributed by atoms with Crippen LogP contribution < -0.4 is 5.32 Å². The van der Waals surface area contributed by atoms with E-state index in [1.54, 1.807) is 6.92 Å². The van der Waals surface area contributed by atoms with Gasteiger partial charge in [0.1, 0.15) is 6.54 Å². The van der Waals surface area contributed by atoms with Crippen LogP contribution in [0.4, 0.5) is 4.79 Å². The molecule has 5 amide bonds. The van der Waals surface area contributed by atoms with E-state index in [-0.39, 0.29) is 12.6 Å². The van der Waals surface area contributed by atoms with Crippen molar-refractivity contribution in [2.24, 2.45) is 0 Å². The van der Waals surface area contributed by atoms with E-state index in [2.05, 4.69) is 5.32 Å². The van der Waals surface area contributed by atoms with Gasteiger partial charge in [0.2, 0.25) is 5.91 Å². The van der Waals surface area contributed by atoms with Crippen molar-refractivity contribution < 1.29 is 19.2 Å². The van der Waals surface area contributed by atoms with Crippen LogP contribution in [0.2, 0.25) is 0 Å². The largest absolute Gasteiger partial charge is 0.352 e. The van der Waals surface area contributed by atoms with Gasteiger partial charge in [0.05, 0.1) is 0 Å². The zero-order valence-electron chi connectivity index (χ0n) is 13.8. The second-order valence-electron chi connectivity index (χ2n) is 5.72. The van der Waals surface area contributed by atoms with Crippen LogP contribution in [0.5, 0.6) is 0 Å². The molecule has 0 bridgehead atoms. The Kier molecular flexibility index (Phi) is 5.68. The molecule has 0 spiro atoms. The van der Waals surface area contributed by atoms with Crippen molar-refractivity contribution in [2.45, 2.75) is 32.7 Å². The molecule has 1 aliphatic heterocycles. The molecular weight excluding hydrogens is 310 g/mol. The first kappa shape index (κ1) is 17.7. The fourth-order valence-corrected chi connectivity index (χ4v) is 2.53. The summed E-state index contributed by atoms with van der Waals surface area (Å²) in [6, 6.07) is 9.05. The Morgan fingerprint density at radius 3 is 2.29 bits per heavy atom. The molecule has 0 unspecified atom stereocenters. The van der Waals surface area contributed by atoms with Gasteiger partial charge in [0, 0.05) is 12.6 Å². The number of nitrogens with zero attached hydrogens (tertiary/aromatic N) is 2. The van der Waals surface area contributed by atoms with Gasteiger partial charge < -0.3 is 5.32 Å². The number of likely N-dealkylation sites (N-methyl/N-ethyl adjacent to an activating group) is 1. The molecule has 1 aromatic carbocycles. The summed E-state index contributed by atoms with van der Waals surface area (Å²) in [5, 5.41) is 2.75. The highest BCUT2D eigenvalue weighted by atomic mass is 16.2. The van der Waals surface area contributed by atoms with Crippen LogP contribution >= 0.6 is 0 Å². The van der Waals surface area contributed by atoms with Crippen LogP contribution in [-0.2, 0) is 20.8 Å². The second-order valence-corrected chi connectivity index (χ2v) is 5.72. The smallest absolute Gasteiger partial charge is 0.334 e. The molecule has 128 valence electrons. The number of nitrogens with one attached hydrogen (secondary N) is 1. The third-order valence-electron chi connectivity index (χ3n) is 3.87. The minimum Gasteiger partial charge on any atom is -0.352 e. The van der Waals surface area contributed by atoms with Crippen LogP contribution in [-0.4, -0.2) is 52.7 Å². The highest BCUT2D eigenvalue weighted by Gasteiger charge is 2.44. The molecule has 0 saturated carbocycles. The summed E-state index contributed by atoms with van der Waals surface area (Å²) in [5.74, 6) is -2.29. The topological polar surface area (TPSA) is 86.8 Å². The van der Waals surface area contributed by atoms with Crippen molar-refractivity contribution >= 4 is 23.8 Å². The minimum absolute atomic E-state index is 0.106. The summed E-state index contributed by atoms with van der Waals surface area (Å²) in [4.78, 5) is 48.8. The Morgan fingerprint density at radius 1 is 1.08 bits per heavy atom. The summed E-state index contributed by atoms with van der Waals surface area (Å²) in [7, 11) is 0. The van der Waals surface area contributed by atoms with Crippen molar-refractivity contribution in [1.82, 2.24) is 15.1 Å². The molecule has 7 heteroatoms. The molecule has 2 rings (SSSR count). The molecule has 7 nitrogen and oxygen atoms in total. The maximum atomic E-state index is 12.0. The van der Waals surface area contributed by atoms with E-state index < -0.39 is 30.3 Å². The Bertz CT molecular complexity index is 644. The summed E-state index contributed by atoms with van der Waals surface area (Å²) >= 11 is 0. The van der Waals surface area contributed by atoms with Crippen LogP contribution in [0.1, 0.15) is 25.8 Å². The molecule has 1 heterocycles. The third kappa shape index (κ3) is 3.98. The fraction of sp³-hybridized carbons (Fsp3) is 0.412. The van der Waals surface area contributed by atoms with Gasteiger partial charge in [-0.3, -0.25) is 19.3 Å². The van der Waals surface area contributed by atoms with Crippen molar-refractivity contribution in [1.29, 1.82) is 0 Å². The SMILES string of the molecule is CCN1C(=O)C(=O)N(CC(=O)N[C@@H](C)CCc2ccccc2)C1=O. The molecule has 1 fully saturated rings. The average Bonchev–Trinajstić information content (AvgIpc) is 2.77. The molecular formula is C17H21N3O4. The summed E-state index contributed by atoms with van der Waals surface area (Å²) in [6.45, 7) is 3.13.